The Morgan fingerprint density at radius 1 is 1.05 bits per heavy atom. The van der Waals surface area contributed by atoms with Crippen molar-refractivity contribution < 1.29 is 14.0 Å². The number of allylic oxidation sites excluding steroid dienone is 4. The van der Waals surface area contributed by atoms with E-state index >= 15 is 0 Å². The Balaban J connectivity index is 1.12. The lowest BCUT2D eigenvalue weighted by atomic mass is 9.75. The number of ether oxygens (including phenoxy) is 1. The molecule has 1 saturated carbocycles. The first kappa shape index (κ1) is 27.8. The van der Waals surface area contributed by atoms with Gasteiger partial charge in [-0.1, -0.05) is 61.0 Å². The molecule has 6 aliphatic heterocycles. The molecule has 1 N–H and O–H groups in total. The molecule has 5 fully saturated rings. The number of quaternary nitrogens is 1. The molecule has 1 aromatic rings. The highest BCUT2D eigenvalue weighted by atomic mass is 32.2. The molecule has 0 aromatic heterocycles. The van der Waals surface area contributed by atoms with E-state index in [9.17, 15) is 4.79 Å². The van der Waals surface area contributed by atoms with Crippen LogP contribution in [0, 0.1) is 11.8 Å². The summed E-state index contributed by atoms with van der Waals surface area (Å²) in [7, 11) is 0. The van der Waals surface area contributed by atoms with E-state index < -0.39 is 5.54 Å². The Kier molecular flexibility index (Phi) is 7.62. The van der Waals surface area contributed by atoms with Crippen LogP contribution in [0.4, 0.5) is 0 Å². The van der Waals surface area contributed by atoms with Gasteiger partial charge in [-0.25, -0.2) is 4.79 Å². The largest absolute Gasteiger partial charge is 0.454 e. The van der Waals surface area contributed by atoms with Crippen LogP contribution in [0.5, 0.6) is 0 Å². The van der Waals surface area contributed by atoms with Gasteiger partial charge in [0.05, 0.1) is 23.8 Å². The van der Waals surface area contributed by atoms with Crippen molar-refractivity contribution in [2.75, 3.05) is 39.3 Å². The summed E-state index contributed by atoms with van der Waals surface area (Å²) in [5.41, 5.74) is 5.18. The lowest BCUT2D eigenvalue weighted by Gasteiger charge is -2.53. The van der Waals surface area contributed by atoms with Crippen molar-refractivity contribution >= 4 is 17.7 Å². The molecule has 0 radical (unpaired) electrons. The number of carbonyl (C=O) groups excluding carboxylic acids is 1. The van der Waals surface area contributed by atoms with Crippen molar-refractivity contribution in [2.24, 2.45) is 11.8 Å². The molecule has 1 aromatic carbocycles. The van der Waals surface area contributed by atoms with Crippen LogP contribution in [0.3, 0.4) is 0 Å². The molecule has 220 valence electrons. The lowest BCUT2D eigenvalue weighted by Crippen LogP contribution is -2.66. The lowest BCUT2D eigenvalue weighted by molar-refractivity contribution is -0.942. The molecular formula is C35H48N3O2S+. The van der Waals surface area contributed by atoms with Crippen molar-refractivity contribution in [3.8, 4) is 0 Å². The van der Waals surface area contributed by atoms with Gasteiger partial charge < -0.3 is 14.5 Å². The number of hydrogen-bond donors (Lipinski definition) is 1. The van der Waals surface area contributed by atoms with Gasteiger partial charge in [-0.3, -0.25) is 4.90 Å². The molecule has 2 bridgehead atoms. The van der Waals surface area contributed by atoms with Crippen LogP contribution >= 0.6 is 11.8 Å². The molecule has 6 heterocycles. The molecule has 3 atom stereocenters. The van der Waals surface area contributed by atoms with Crippen LogP contribution in [0.1, 0.15) is 83.6 Å². The van der Waals surface area contributed by atoms with Crippen LogP contribution in [-0.4, -0.2) is 60.7 Å². The number of esters is 1. The van der Waals surface area contributed by atoms with E-state index in [0.717, 1.165) is 55.5 Å². The third kappa shape index (κ3) is 5.12. The fraction of sp³-hybridized carbons (Fsp3) is 0.629. The Hall–Kier alpha value is -2.02. The highest BCUT2D eigenvalue weighted by molar-refractivity contribution is 8.06. The first-order chi connectivity index (χ1) is 20.0. The van der Waals surface area contributed by atoms with Crippen LogP contribution in [0.15, 0.2) is 63.2 Å². The van der Waals surface area contributed by atoms with Gasteiger partial charge in [0, 0.05) is 24.7 Å². The first-order valence-corrected chi connectivity index (χ1v) is 17.2. The number of benzene rings is 1. The second-order valence-corrected chi connectivity index (χ2v) is 15.1. The van der Waals surface area contributed by atoms with E-state index in [0.29, 0.717) is 11.8 Å². The predicted molar refractivity (Wildman–Crippen MR) is 167 cm³/mol. The van der Waals surface area contributed by atoms with Gasteiger partial charge in [0.1, 0.15) is 18.6 Å². The molecule has 41 heavy (non-hydrogen) atoms. The number of hydrogen-bond acceptors (Lipinski definition) is 5. The molecule has 5 nitrogen and oxygen atoms in total. The SMILES string of the molecule is CC1=CCC2=C(NC(C[N+]34CCC(CC3)[C@@H](OC(=O)[C@](C)(c3ccccc3)N3CCCCC3)C4)=C3CCCCC32)S1. The van der Waals surface area contributed by atoms with Gasteiger partial charge in [-0.15, -0.1) is 0 Å². The number of thioether (sulfide) groups is 1. The molecular weight excluding hydrogens is 526 g/mol. The summed E-state index contributed by atoms with van der Waals surface area (Å²) < 4.78 is 7.74. The van der Waals surface area contributed by atoms with Crippen molar-refractivity contribution in [1.82, 2.24) is 10.2 Å². The van der Waals surface area contributed by atoms with Crippen molar-refractivity contribution in [1.29, 1.82) is 0 Å². The molecule has 1 unspecified atom stereocenters. The summed E-state index contributed by atoms with van der Waals surface area (Å²) in [6.45, 7) is 10.7. The van der Waals surface area contributed by atoms with E-state index in [-0.39, 0.29) is 12.1 Å². The van der Waals surface area contributed by atoms with Crippen LogP contribution < -0.4 is 5.32 Å². The van der Waals surface area contributed by atoms with Crippen molar-refractivity contribution in [2.45, 2.75) is 89.7 Å². The Labute approximate surface area is 251 Å². The molecule has 7 aliphatic rings. The third-order valence-corrected chi connectivity index (χ3v) is 12.4. The maximum Gasteiger partial charge on any atom is 0.331 e. The zero-order valence-electron chi connectivity index (χ0n) is 25.1. The smallest absolute Gasteiger partial charge is 0.331 e. The molecule has 6 heteroatoms. The summed E-state index contributed by atoms with van der Waals surface area (Å²) in [6.07, 6.45) is 14.6. The van der Waals surface area contributed by atoms with Gasteiger partial charge in [-0.05, 0) is 87.1 Å². The number of fused-ring (bicyclic) bond motifs is 5. The summed E-state index contributed by atoms with van der Waals surface area (Å²) in [6, 6.07) is 10.4. The zero-order chi connectivity index (χ0) is 28.0. The maximum atomic E-state index is 14.3. The van der Waals surface area contributed by atoms with Crippen LogP contribution in [0.25, 0.3) is 0 Å². The Bertz CT molecular complexity index is 1260. The normalized spacial score (nSPS) is 33.3. The highest BCUT2D eigenvalue weighted by Crippen LogP contribution is 2.48. The minimum atomic E-state index is -0.726. The van der Waals surface area contributed by atoms with E-state index in [1.165, 1.54) is 73.7 Å². The average molecular weight is 575 g/mol. The quantitative estimate of drug-likeness (QED) is 0.298. The van der Waals surface area contributed by atoms with Gasteiger partial charge in [0.2, 0.25) is 0 Å². The number of nitrogens with zero attached hydrogens (tertiary/aromatic N) is 2. The van der Waals surface area contributed by atoms with E-state index in [2.05, 4.69) is 54.4 Å². The fourth-order valence-corrected chi connectivity index (χ4v) is 9.85. The standard InChI is InChI=1S/C35H48N3O2S/c1-25-15-16-30-28-13-7-8-14-29(28)31(36-33(30)41-25)23-38-21-17-26(18-22-38)32(24-38)40-34(39)35(2,27-11-5-3-6-12-27)37-19-9-4-10-20-37/h3,5-6,11-12,15,26,28,32,36H,4,7-10,13-14,16-24H2,1-2H3/q+1/t26?,28?,32-,35-,38?/m0/s1. The number of nitrogens with one attached hydrogen (secondary N) is 1. The monoisotopic (exact) mass is 574 g/mol. The minimum absolute atomic E-state index is 0.0122. The number of piperidine rings is 4. The summed E-state index contributed by atoms with van der Waals surface area (Å²) in [5, 5.41) is 5.42. The van der Waals surface area contributed by atoms with Gasteiger partial charge in [-0.2, -0.15) is 0 Å². The molecule has 8 rings (SSSR count). The van der Waals surface area contributed by atoms with Crippen molar-refractivity contribution in [3.63, 3.8) is 0 Å². The number of carbonyl (C=O) groups is 1. The van der Waals surface area contributed by atoms with E-state index in [1.807, 2.05) is 17.8 Å². The topological polar surface area (TPSA) is 41.6 Å². The summed E-state index contributed by atoms with van der Waals surface area (Å²) >= 11 is 1.95. The number of rotatable bonds is 6. The second kappa shape index (κ2) is 11.2. The van der Waals surface area contributed by atoms with Crippen molar-refractivity contribution in [3.05, 3.63) is 68.7 Å². The highest BCUT2D eigenvalue weighted by Gasteiger charge is 2.51. The average Bonchev–Trinajstić information content (AvgIpc) is 3.02. The van der Waals surface area contributed by atoms with E-state index in [1.54, 1.807) is 11.1 Å². The van der Waals surface area contributed by atoms with E-state index in [4.69, 9.17) is 4.74 Å². The maximum absolute atomic E-state index is 14.3. The number of dihydropyridines is 1. The Morgan fingerprint density at radius 2 is 1.83 bits per heavy atom. The molecule has 0 spiro atoms. The fourth-order valence-electron chi connectivity index (χ4n) is 8.84. The third-order valence-electron chi connectivity index (χ3n) is 11.4. The molecule has 1 aliphatic carbocycles. The second-order valence-electron chi connectivity index (χ2n) is 13.8. The van der Waals surface area contributed by atoms with Crippen LogP contribution in [-0.2, 0) is 15.1 Å². The molecule has 4 saturated heterocycles. The Morgan fingerprint density at radius 3 is 2.61 bits per heavy atom. The van der Waals surface area contributed by atoms with Gasteiger partial charge >= 0.3 is 5.97 Å². The first-order valence-electron chi connectivity index (χ1n) is 16.4. The summed E-state index contributed by atoms with van der Waals surface area (Å²) in [5.74, 6) is 1.09. The predicted octanol–water partition coefficient (Wildman–Crippen LogP) is 6.84. The van der Waals surface area contributed by atoms with Gasteiger partial charge in [0.15, 0.2) is 6.10 Å². The molecule has 0 amide bonds. The number of likely N-dealkylation sites (tertiary alicyclic amines) is 1. The van der Waals surface area contributed by atoms with Crippen LogP contribution in [0.2, 0.25) is 0 Å². The zero-order valence-corrected chi connectivity index (χ0v) is 25.9. The summed E-state index contributed by atoms with van der Waals surface area (Å²) in [4.78, 5) is 18.1. The van der Waals surface area contributed by atoms with Gasteiger partial charge in [0.25, 0.3) is 0 Å². The minimum Gasteiger partial charge on any atom is -0.454 e.